The molecule has 2 N–H and O–H groups in total. The molecule has 1 unspecified atom stereocenters. The summed E-state index contributed by atoms with van der Waals surface area (Å²) >= 11 is 4.96. The summed E-state index contributed by atoms with van der Waals surface area (Å²) in [5, 5.41) is 0. The zero-order valence-corrected chi connectivity index (χ0v) is 12.0. The van der Waals surface area contributed by atoms with E-state index < -0.39 is 0 Å². The van der Waals surface area contributed by atoms with Crippen LogP contribution in [0.15, 0.2) is 0 Å². The number of nitrogens with two attached hydrogens (primary N) is 1. The molecule has 1 heterocycles. The lowest BCUT2D eigenvalue weighted by molar-refractivity contribution is -0.137. The molecule has 98 valence electrons. The fourth-order valence-electron chi connectivity index (χ4n) is 2.15. The lowest BCUT2D eigenvalue weighted by atomic mass is 9.97. The number of nitrogens with zero attached hydrogens (tertiary/aromatic N) is 2. The molecule has 1 aliphatic heterocycles. The first kappa shape index (κ1) is 14.4. The van der Waals surface area contributed by atoms with Crippen LogP contribution in [0.2, 0.25) is 0 Å². The largest absolute Gasteiger partial charge is 0.393 e. The Labute approximate surface area is 109 Å². The van der Waals surface area contributed by atoms with Gasteiger partial charge in [-0.25, -0.2) is 0 Å². The van der Waals surface area contributed by atoms with Crippen LogP contribution in [0.25, 0.3) is 0 Å². The Bertz CT molecular complexity index is 317. The molecule has 1 amide bonds. The minimum absolute atomic E-state index is 0.0163. The third-order valence-corrected chi connectivity index (χ3v) is 3.96. The van der Waals surface area contributed by atoms with Crippen molar-refractivity contribution in [3.05, 3.63) is 0 Å². The van der Waals surface area contributed by atoms with E-state index in [9.17, 15) is 4.79 Å². The van der Waals surface area contributed by atoms with Crippen LogP contribution in [-0.4, -0.2) is 52.9 Å². The minimum Gasteiger partial charge on any atom is -0.393 e. The van der Waals surface area contributed by atoms with Gasteiger partial charge in [0.15, 0.2) is 0 Å². The average Bonchev–Trinajstić information content (AvgIpc) is 2.22. The highest BCUT2D eigenvalue weighted by Crippen LogP contribution is 2.21. The molecule has 4 nitrogen and oxygen atoms in total. The summed E-state index contributed by atoms with van der Waals surface area (Å²) in [6, 6.07) is 0. The maximum absolute atomic E-state index is 12.3. The first-order valence-corrected chi connectivity index (χ1v) is 6.49. The zero-order chi connectivity index (χ0) is 13.2. The van der Waals surface area contributed by atoms with E-state index >= 15 is 0 Å². The maximum atomic E-state index is 12.3. The highest BCUT2D eigenvalue weighted by atomic mass is 32.1. The zero-order valence-electron chi connectivity index (χ0n) is 11.2. The standard InChI is InChI=1S/C12H23N3OS/c1-5-9(10(13)17)11(16)15-7-6-14(4)12(2,3)8-15/h9H,5-8H2,1-4H3,(H2,13,17). The SMILES string of the molecule is CCC(C(=O)N1CCN(C)C(C)(C)C1)C(N)=S. The molecule has 17 heavy (non-hydrogen) atoms. The molecule has 0 saturated carbocycles. The van der Waals surface area contributed by atoms with Crippen molar-refractivity contribution in [2.75, 3.05) is 26.7 Å². The van der Waals surface area contributed by atoms with Gasteiger partial charge in [-0.2, -0.15) is 0 Å². The van der Waals surface area contributed by atoms with Crippen molar-refractivity contribution >= 4 is 23.1 Å². The van der Waals surface area contributed by atoms with Crippen LogP contribution in [-0.2, 0) is 4.79 Å². The van der Waals surface area contributed by atoms with Gasteiger partial charge in [-0.15, -0.1) is 0 Å². The summed E-state index contributed by atoms with van der Waals surface area (Å²) in [5.74, 6) is -0.217. The lowest BCUT2D eigenvalue weighted by Gasteiger charge is -2.46. The molecule has 0 spiro atoms. The van der Waals surface area contributed by atoms with Crippen molar-refractivity contribution in [2.45, 2.75) is 32.7 Å². The molecule has 0 bridgehead atoms. The quantitative estimate of drug-likeness (QED) is 0.762. The first-order valence-electron chi connectivity index (χ1n) is 6.09. The average molecular weight is 257 g/mol. The van der Waals surface area contributed by atoms with Crippen LogP contribution >= 0.6 is 12.2 Å². The van der Waals surface area contributed by atoms with E-state index in [0.29, 0.717) is 11.4 Å². The van der Waals surface area contributed by atoms with E-state index in [2.05, 4.69) is 25.8 Å². The number of rotatable bonds is 3. The van der Waals surface area contributed by atoms with Crippen LogP contribution in [0.4, 0.5) is 0 Å². The second kappa shape index (κ2) is 5.31. The van der Waals surface area contributed by atoms with E-state index in [1.165, 1.54) is 0 Å². The van der Waals surface area contributed by atoms with Gasteiger partial charge >= 0.3 is 0 Å². The molecule has 0 aromatic rings. The normalized spacial score (nSPS) is 22.2. The Morgan fingerprint density at radius 1 is 1.47 bits per heavy atom. The third-order valence-electron chi connectivity index (χ3n) is 3.68. The van der Waals surface area contributed by atoms with E-state index in [1.807, 2.05) is 11.8 Å². The van der Waals surface area contributed by atoms with Crippen LogP contribution in [0, 0.1) is 5.92 Å². The highest BCUT2D eigenvalue weighted by molar-refractivity contribution is 7.80. The van der Waals surface area contributed by atoms with Gasteiger partial charge < -0.3 is 10.6 Å². The molecule has 0 aliphatic carbocycles. The number of piperazine rings is 1. The molecule has 1 aliphatic rings. The number of carbonyl (C=O) groups excluding carboxylic acids is 1. The summed E-state index contributed by atoms with van der Waals surface area (Å²) in [7, 11) is 2.09. The van der Waals surface area contributed by atoms with Crippen molar-refractivity contribution in [1.82, 2.24) is 9.80 Å². The smallest absolute Gasteiger partial charge is 0.232 e. The highest BCUT2D eigenvalue weighted by Gasteiger charge is 2.35. The van der Waals surface area contributed by atoms with Crippen molar-refractivity contribution in [1.29, 1.82) is 0 Å². The molecule has 0 aromatic heterocycles. The molecule has 1 saturated heterocycles. The van der Waals surface area contributed by atoms with Gasteiger partial charge in [-0.1, -0.05) is 19.1 Å². The number of hydrogen-bond donors (Lipinski definition) is 1. The number of amides is 1. The number of thiocarbonyl (C=S) groups is 1. The molecule has 1 rings (SSSR count). The monoisotopic (exact) mass is 257 g/mol. The summed E-state index contributed by atoms with van der Waals surface area (Å²) in [4.78, 5) is 16.8. The third kappa shape index (κ3) is 3.16. The molecule has 5 heteroatoms. The predicted molar refractivity (Wildman–Crippen MR) is 73.9 cm³/mol. The summed E-state index contributed by atoms with van der Waals surface area (Å²) in [6.07, 6.45) is 0.681. The Hall–Kier alpha value is -0.680. The molecular formula is C12H23N3OS. The van der Waals surface area contributed by atoms with E-state index in [0.717, 1.165) is 19.6 Å². The topological polar surface area (TPSA) is 49.6 Å². The minimum atomic E-state index is -0.302. The Morgan fingerprint density at radius 2 is 2.06 bits per heavy atom. The Kier molecular flexibility index (Phi) is 4.49. The second-order valence-corrected chi connectivity index (χ2v) is 5.83. The van der Waals surface area contributed by atoms with Gasteiger partial charge in [0.25, 0.3) is 0 Å². The van der Waals surface area contributed by atoms with Crippen molar-refractivity contribution < 1.29 is 4.79 Å². The fraction of sp³-hybridized carbons (Fsp3) is 0.833. The van der Waals surface area contributed by atoms with Crippen LogP contribution < -0.4 is 5.73 Å². The Balaban J connectivity index is 2.74. The van der Waals surface area contributed by atoms with Crippen molar-refractivity contribution in [2.24, 2.45) is 11.7 Å². The Morgan fingerprint density at radius 3 is 2.47 bits per heavy atom. The molecule has 1 fully saturated rings. The number of carbonyl (C=O) groups is 1. The van der Waals surface area contributed by atoms with Gasteiger partial charge in [-0.3, -0.25) is 9.69 Å². The lowest BCUT2D eigenvalue weighted by Crippen LogP contribution is -2.60. The van der Waals surface area contributed by atoms with Crippen molar-refractivity contribution in [3.63, 3.8) is 0 Å². The molecule has 0 aromatic carbocycles. The van der Waals surface area contributed by atoms with E-state index in [-0.39, 0.29) is 17.4 Å². The molecular weight excluding hydrogens is 234 g/mol. The second-order valence-electron chi connectivity index (χ2n) is 5.36. The summed E-state index contributed by atoms with van der Waals surface area (Å²) in [5.41, 5.74) is 5.64. The van der Waals surface area contributed by atoms with Crippen LogP contribution in [0.3, 0.4) is 0 Å². The van der Waals surface area contributed by atoms with Crippen molar-refractivity contribution in [3.8, 4) is 0 Å². The molecule has 1 atom stereocenters. The maximum Gasteiger partial charge on any atom is 0.232 e. The van der Waals surface area contributed by atoms with Gasteiger partial charge in [0, 0.05) is 25.2 Å². The van der Waals surface area contributed by atoms with Gasteiger partial charge in [0.05, 0.1) is 10.9 Å². The van der Waals surface area contributed by atoms with Gasteiger partial charge in [-0.05, 0) is 27.3 Å². The number of likely N-dealkylation sites (N-methyl/N-ethyl adjacent to an activating group) is 1. The predicted octanol–water partition coefficient (Wildman–Crippen LogP) is 0.851. The first-order chi connectivity index (χ1) is 7.79. The summed E-state index contributed by atoms with van der Waals surface area (Å²) in [6.45, 7) is 8.64. The van der Waals surface area contributed by atoms with E-state index in [1.54, 1.807) is 0 Å². The van der Waals surface area contributed by atoms with E-state index in [4.69, 9.17) is 18.0 Å². The fourth-order valence-corrected chi connectivity index (χ4v) is 2.41. The summed E-state index contributed by atoms with van der Waals surface area (Å²) < 4.78 is 0. The number of hydrogen-bond acceptors (Lipinski definition) is 3. The van der Waals surface area contributed by atoms with Gasteiger partial charge in [0.1, 0.15) is 0 Å². The van der Waals surface area contributed by atoms with Gasteiger partial charge in [0.2, 0.25) is 5.91 Å². The van der Waals surface area contributed by atoms with Crippen LogP contribution in [0.1, 0.15) is 27.2 Å². The molecule has 0 radical (unpaired) electrons. The van der Waals surface area contributed by atoms with Crippen LogP contribution in [0.5, 0.6) is 0 Å².